The fourth-order valence-electron chi connectivity index (χ4n) is 1.36. The van der Waals surface area contributed by atoms with Crippen LogP contribution in [0.5, 0.6) is 0 Å². The Kier molecular flexibility index (Phi) is 3.19. The second-order valence-electron chi connectivity index (χ2n) is 3.20. The number of rotatable bonds is 4. The number of nitrogens with zero attached hydrogens (tertiary/aromatic N) is 3. The Labute approximate surface area is 95.9 Å². The van der Waals surface area contributed by atoms with Gasteiger partial charge in [-0.3, -0.25) is 8.97 Å². The average molecular weight is 256 g/mol. The topological polar surface area (TPSA) is 117 Å². The standard InChI is InChI=1S/C8H9N4O4P/c13-7(14)6-4-12-5(3-10-17(15)16)1-2-9-8(12)11-6/h1-2,4,17H,3H2,(H,13,14)(H2,10,15,16). The molecule has 2 aromatic rings. The molecular formula is C8H9N4O4P. The van der Waals surface area contributed by atoms with Crippen LogP contribution in [0, 0.1) is 0 Å². The Balaban J connectivity index is 2.42. The molecule has 3 N–H and O–H groups in total. The van der Waals surface area contributed by atoms with Gasteiger partial charge in [0, 0.05) is 24.6 Å². The van der Waals surface area contributed by atoms with Crippen molar-refractivity contribution < 1.29 is 19.4 Å². The first-order valence-electron chi connectivity index (χ1n) is 4.61. The normalized spacial score (nSPS) is 12.8. The van der Waals surface area contributed by atoms with Crippen LogP contribution in [0.1, 0.15) is 16.2 Å². The molecule has 0 aliphatic rings. The Morgan fingerprint density at radius 2 is 2.35 bits per heavy atom. The van der Waals surface area contributed by atoms with Crippen molar-refractivity contribution in [3.05, 3.63) is 29.8 Å². The number of carboxylic acid groups (broad SMARTS) is 1. The molecule has 8 nitrogen and oxygen atoms in total. The van der Waals surface area contributed by atoms with E-state index in [-0.39, 0.29) is 18.0 Å². The summed E-state index contributed by atoms with van der Waals surface area (Å²) in [5.74, 6) is -0.913. The molecule has 0 aliphatic carbocycles. The molecule has 0 saturated carbocycles. The summed E-state index contributed by atoms with van der Waals surface area (Å²) in [5.41, 5.74) is 0.476. The number of hydrogen-bond donors (Lipinski definition) is 3. The fourth-order valence-corrected chi connectivity index (χ4v) is 1.69. The molecular weight excluding hydrogens is 247 g/mol. The number of carbonyl (C=O) groups is 1. The summed E-state index contributed by atoms with van der Waals surface area (Å²) in [4.78, 5) is 27.1. The van der Waals surface area contributed by atoms with Crippen molar-refractivity contribution >= 4 is 19.9 Å². The zero-order chi connectivity index (χ0) is 12.4. The van der Waals surface area contributed by atoms with Gasteiger partial charge in [-0.2, -0.15) is 0 Å². The predicted molar refractivity (Wildman–Crippen MR) is 58.0 cm³/mol. The monoisotopic (exact) mass is 256 g/mol. The molecule has 9 heteroatoms. The summed E-state index contributed by atoms with van der Waals surface area (Å²) in [5, 5.41) is 11.2. The van der Waals surface area contributed by atoms with Gasteiger partial charge in [-0.1, -0.05) is 0 Å². The lowest BCUT2D eigenvalue weighted by atomic mass is 10.4. The first-order chi connectivity index (χ1) is 8.08. The van der Waals surface area contributed by atoms with Crippen molar-refractivity contribution in [1.82, 2.24) is 19.5 Å². The summed E-state index contributed by atoms with van der Waals surface area (Å²) in [6, 6.07) is 1.61. The van der Waals surface area contributed by atoms with Gasteiger partial charge in [-0.25, -0.2) is 19.8 Å². The first-order valence-corrected chi connectivity index (χ1v) is 5.96. The quantitative estimate of drug-likeness (QED) is 0.654. The molecule has 0 aliphatic heterocycles. The molecule has 90 valence electrons. The van der Waals surface area contributed by atoms with Crippen molar-refractivity contribution in [3.63, 3.8) is 0 Å². The van der Waals surface area contributed by atoms with E-state index >= 15 is 0 Å². The highest BCUT2D eigenvalue weighted by Crippen LogP contribution is 2.10. The highest BCUT2D eigenvalue weighted by atomic mass is 31.1. The van der Waals surface area contributed by atoms with Crippen LogP contribution in [-0.4, -0.2) is 30.3 Å². The Morgan fingerprint density at radius 3 is 3.00 bits per heavy atom. The summed E-state index contributed by atoms with van der Waals surface area (Å²) < 4.78 is 12.0. The number of aromatic carboxylic acids is 1. The van der Waals surface area contributed by atoms with E-state index < -0.39 is 14.1 Å². The van der Waals surface area contributed by atoms with Gasteiger partial charge in [-0.15, -0.1) is 0 Å². The van der Waals surface area contributed by atoms with E-state index in [1.165, 1.54) is 16.8 Å². The molecule has 0 amide bonds. The van der Waals surface area contributed by atoms with Crippen LogP contribution in [-0.2, 0) is 11.1 Å². The second kappa shape index (κ2) is 4.62. The van der Waals surface area contributed by atoms with E-state index in [0.29, 0.717) is 5.69 Å². The van der Waals surface area contributed by atoms with Gasteiger partial charge in [0.1, 0.15) is 0 Å². The van der Waals surface area contributed by atoms with Gasteiger partial charge in [0.15, 0.2) is 5.69 Å². The molecule has 2 aromatic heterocycles. The minimum absolute atomic E-state index is 0.124. The summed E-state index contributed by atoms with van der Waals surface area (Å²) >= 11 is 0. The minimum atomic E-state index is -2.78. The summed E-state index contributed by atoms with van der Waals surface area (Å²) in [7, 11) is -2.78. The highest BCUT2D eigenvalue weighted by molar-refractivity contribution is 7.35. The van der Waals surface area contributed by atoms with Crippen molar-refractivity contribution in [2.75, 3.05) is 0 Å². The minimum Gasteiger partial charge on any atom is -0.476 e. The SMILES string of the molecule is O=C(O)c1cn2c(CN[PH](=O)O)ccnc2n1. The Bertz CT molecular complexity index is 596. The molecule has 0 aromatic carbocycles. The maximum Gasteiger partial charge on any atom is 0.356 e. The van der Waals surface area contributed by atoms with Gasteiger partial charge < -0.3 is 10.00 Å². The highest BCUT2D eigenvalue weighted by Gasteiger charge is 2.11. The largest absolute Gasteiger partial charge is 0.476 e. The summed E-state index contributed by atoms with van der Waals surface area (Å²) in [6.45, 7) is 0.128. The maximum atomic E-state index is 10.7. The average Bonchev–Trinajstić information content (AvgIpc) is 2.70. The number of nitrogens with one attached hydrogen (secondary N) is 1. The third kappa shape index (κ3) is 2.50. The van der Waals surface area contributed by atoms with Gasteiger partial charge in [0.05, 0.1) is 0 Å². The van der Waals surface area contributed by atoms with E-state index in [0.717, 1.165) is 0 Å². The molecule has 0 saturated heterocycles. The molecule has 1 atom stereocenters. The van der Waals surface area contributed by atoms with Crippen molar-refractivity contribution in [2.24, 2.45) is 0 Å². The molecule has 2 rings (SSSR count). The molecule has 0 bridgehead atoms. The molecule has 0 fully saturated rings. The lowest BCUT2D eigenvalue weighted by Gasteiger charge is -2.03. The van der Waals surface area contributed by atoms with E-state index in [4.69, 9.17) is 10.00 Å². The van der Waals surface area contributed by atoms with Crippen LogP contribution < -0.4 is 5.09 Å². The lowest BCUT2D eigenvalue weighted by molar-refractivity contribution is 0.0691. The van der Waals surface area contributed by atoms with Crippen LogP contribution in [0.15, 0.2) is 18.5 Å². The summed E-state index contributed by atoms with van der Waals surface area (Å²) in [6.07, 6.45) is 2.77. The van der Waals surface area contributed by atoms with Crippen LogP contribution in [0.3, 0.4) is 0 Å². The van der Waals surface area contributed by atoms with E-state index in [1.807, 2.05) is 0 Å². The molecule has 0 spiro atoms. The van der Waals surface area contributed by atoms with Gasteiger partial charge in [0.2, 0.25) is 5.78 Å². The third-order valence-electron chi connectivity index (χ3n) is 2.09. The van der Waals surface area contributed by atoms with Crippen LogP contribution in [0.2, 0.25) is 0 Å². The van der Waals surface area contributed by atoms with Crippen LogP contribution >= 0.6 is 8.18 Å². The van der Waals surface area contributed by atoms with Gasteiger partial charge in [-0.05, 0) is 6.07 Å². The lowest BCUT2D eigenvalue weighted by Crippen LogP contribution is -2.07. The second-order valence-corrected chi connectivity index (χ2v) is 4.16. The zero-order valence-corrected chi connectivity index (χ0v) is 9.49. The van der Waals surface area contributed by atoms with Crippen LogP contribution in [0.25, 0.3) is 5.78 Å². The van der Waals surface area contributed by atoms with Crippen molar-refractivity contribution in [1.29, 1.82) is 0 Å². The Morgan fingerprint density at radius 1 is 1.59 bits per heavy atom. The molecule has 0 radical (unpaired) electrons. The van der Waals surface area contributed by atoms with Gasteiger partial charge >= 0.3 is 5.97 Å². The molecule has 1 unspecified atom stereocenters. The maximum absolute atomic E-state index is 10.7. The van der Waals surface area contributed by atoms with E-state index in [1.54, 1.807) is 6.07 Å². The number of hydrogen-bond acceptors (Lipinski definition) is 4. The van der Waals surface area contributed by atoms with Crippen molar-refractivity contribution in [2.45, 2.75) is 6.54 Å². The van der Waals surface area contributed by atoms with Gasteiger partial charge in [0.25, 0.3) is 8.18 Å². The number of carboxylic acids is 1. The number of imidazole rings is 1. The van der Waals surface area contributed by atoms with E-state index in [9.17, 15) is 9.36 Å². The van der Waals surface area contributed by atoms with Crippen LogP contribution in [0.4, 0.5) is 0 Å². The third-order valence-corrected chi connectivity index (χ3v) is 2.57. The number of aromatic nitrogens is 3. The fraction of sp³-hybridized carbons (Fsp3) is 0.125. The number of fused-ring (bicyclic) bond motifs is 1. The molecule has 2 heterocycles. The zero-order valence-electron chi connectivity index (χ0n) is 8.49. The Hall–Kier alpha value is -1.76. The predicted octanol–water partition coefficient (Wildman–Crippen LogP) is -0.101. The van der Waals surface area contributed by atoms with E-state index in [2.05, 4.69) is 15.1 Å². The van der Waals surface area contributed by atoms with Crippen molar-refractivity contribution in [3.8, 4) is 0 Å². The first kappa shape index (κ1) is 11.7. The smallest absolute Gasteiger partial charge is 0.356 e. The molecule has 17 heavy (non-hydrogen) atoms.